The minimum Gasteiger partial charge on any atom is -0.507 e. The van der Waals surface area contributed by atoms with Gasteiger partial charge in [-0.2, -0.15) is 4.89 Å². The van der Waals surface area contributed by atoms with E-state index in [2.05, 4.69) is 9.78 Å². The van der Waals surface area contributed by atoms with Crippen LogP contribution in [0.1, 0.15) is 22.8 Å². The van der Waals surface area contributed by atoms with Gasteiger partial charge in [-0.3, -0.25) is 4.89 Å². The van der Waals surface area contributed by atoms with Crippen molar-refractivity contribution >= 4 is 5.97 Å². The number of benzene rings is 1. The van der Waals surface area contributed by atoms with E-state index in [1.807, 2.05) is 6.92 Å². The van der Waals surface area contributed by atoms with Crippen LogP contribution in [0.2, 0.25) is 0 Å². The van der Waals surface area contributed by atoms with Gasteiger partial charge in [-0.1, -0.05) is 13.0 Å². The second-order valence-electron chi connectivity index (χ2n) is 2.74. The van der Waals surface area contributed by atoms with E-state index in [-0.39, 0.29) is 11.3 Å². The van der Waals surface area contributed by atoms with Crippen LogP contribution in [0.5, 0.6) is 5.75 Å². The molecule has 0 aliphatic carbocycles. The molecule has 0 heterocycles. The summed E-state index contributed by atoms with van der Waals surface area (Å²) in [6, 6.07) is 4.79. The zero-order valence-electron chi connectivity index (χ0n) is 8.11. The lowest BCUT2D eigenvalue weighted by molar-refractivity contribution is -0.216. The van der Waals surface area contributed by atoms with Crippen LogP contribution in [-0.2, 0) is 16.2 Å². The molecular formula is C10H12O4. The van der Waals surface area contributed by atoms with Crippen molar-refractivity contribution in [2.45, 2.75) is 13.3 Å². The normalized spacial score (nSPS) is 9.86. The number of hydrogen-bond acceptors (Lipinski definition) is 4. The van der Waals surface area contributed by atoms with Crippen LogP contribution in [0, 0.1) is 0 Å². The lowest BCUT2D eigenvalue weighted by Crippen LogP contribution is -2.04. The van der Waals surface area contributed by atoms with E-state index in [1.165, 1.54) is 13.2 Å². The molecule has 1 N–H and O–H groups in total. The Balaban J connectivity index is 2.99. The van der Waals surface area contributed by atoms with Crippen molar-refractivity contribution in [1.82, 2.24) is 0 Å². The fourth-order valence-electron chi connectivity index (χ4n) is 1.09. The molecule has 1 rings (SSSR count). The van der Waals surface area contributed by atoms with E-state index in [1.54, 1.807) is 12.1 Å². The summed E-state index contributed by atoms with van der Waals surface area (Å²) >= 11 is 0. The minimum atomic E-state index is -0.694. The summed E-state index contributed by atoms with van der Waals surface area (Å²) in [5.74, 6) is -0.801. The lowest BCUT2D eigenvalue weighted by atomic mass is 10.1. The summed E-state index contributed by atoms with van der Waals surface area (Å²) in [6.07, 6.45) is 0.785. The first-order valence-corrected chi connectivity index (χ1v) is 4.26. The van der Waals surface area contributed by atoms with Gasteiger partial charge in [0.05, 0.1) is 7.11 Å². The maximum absolute atomic E-state index is 11.2. The number of carbonyl (C=O) groups is 1. The van der Waals surface area contributed by atoms with E-state index < -0.39 is 5.97 Å². The molecule has 1 aromatic carbocycles. The van der Waals surface area contributed by atoms with E-state index >= 15 is 0 Å². The number of aromatic hydroxyl groups is 1. The Morgan fingerprint density at radius 2 is 2.21 bits per heavy atom. The molecule has 0 amide bonds. The van der Waals surface area contributed by atoms with Crippen LogP contribution in [0.25, 0.3) is 0 Å². The summed E-state index contributed by atoms with van der Waals surface area (Å²) in [5.41, 5.74) is 1.07. The Hall–Kier alpha value is -1.55. The highest BCUT2D eigenvalue weighted by molar-refractivity contribution is 5.92. The quantitative estimate of drug-likeness (QED) is 0.590. The summed E-state index contributed by atoms with van der Waals surface area (Å²) in [5, 5.41) is 9.37. The number of rotatable bonds is 3. The zero-order valence-corrected chi connectivity index (χ0v) is 8.11. The number of phenolic OH excluding ortho intramolecular Hbond substituents is 1. The monoisotopic (exact) mass is 196 g/mol. The third kappa shape index (κ3) is 2.23. The molecule has 1 aromatic rings. The van der Waals surface area contributed by atoms with Gasteiger partial charge in [0, 0.05) is 0 Å². The van der Waals surface area contributed by atoms with Crippen molar-refractivity contribution in [2.24, 2.45) is 0 Å². The maximum Gasteiger partial charge on any atom is 0.376 e. The Morgan fingerprint density at radius 1 is 1.50 bits per heavy atom. The van der Waals surface area contributed by atoms with Crippen LogP contribution in [0.3, 0.4) is 0 Å². The van der Waals surface area contributed by atoms with Crippen LogP contribution in [0.15, 0.2) is 18.2 Å². The standard InChI is InChI=1S/C10H12O4/c1-3-7-4-5-9(11)8(6-7)10(12)14-13-2/h4-6,11H,3H2,1-2H3. The maximum atomic E-state index is 11.2. The summed E-state index contributed by atoms with van der Waals surface area (Å²) in [4.78, 5) is 19.8. The van der Waals surface area contributed by atoms with Crippen molar-refractivity contribution in [1.29, 1.82) is 0 Å². The number of aryl methyl sites for hydroxylation is 1. The number of hydrogen-bond donors (Lipinski definition) is 1. The fraction of sp³-hybridized carbons (Fsp3) is 0.300. The van der Waals surface area contributed by atoms with Crippen LogP contribution in [0.4, 0.5) is 0 Å². The van der Waals surface area contributed by atoms with Gasteiger partial charge in [0.2, 0.25) is 0 Å². The molecule has 76 valence electrons. The van der Waals surface area contributed by atoms with Crippen molar-refractivity contribution in [3.8, 4) is 5.75 Å². The summed E-state index contributed by atoms with van der Waals surface area (Å²) in [7, 11) is 1.23. The van der Waals surface area contributed by atoms with Crippen LogP contribution in [-0.4, -0.2) is 18.2 Å². The molecule has 0 aliphatic rings. The Morgan fingerprint density at radius 3 is 2.79 bits per heavy atom. The average Bonchev–Trinajstić information content (AvgIpc) is 2.19. The molecule has 0 saturated carbocycles. The molecule has 0 atom stereocenters. The predicted molar refractivity (Wildman–Crippen MR) is 49.9 cm³/mol. The summed E-state index contributed by atoms with van der Waals surface area (Å²) < 4.78 is 0. The van der Waals surface area contributed by atoms with E-state index in [0.717, 1.165) is 12.0 Å². The molecule has 0 unspecified atom stereocenters. The van der Waals surface area contributed by atoms with Gasteiger partial charge < -0.3 is 5.11 Å². The Kier molecular flexibility index (Phi) is 3.48. The van der Waals surface area contributed by atoms with E-state index in [0.29, 0.717) is 0 Å². The lowest BCUT2D eigenvalue weighted by Gasteiger charge is -2.04. The highest BCUT2D eigenvalue weighted by atomic mass is 17.2. The highest BCUT2D eigenvalue weighted by Gasteiger charge is 2.13. The first kappa shape index (κ1) is 10.5. The van der Waals surface area contributed by atoms with Gasteiger partial charge in [-0.15, -0.1) is 0 Å². The molecule has 0 bridgehead atoms. The second-order valence-corrected chi connectivity index (χ2v) is 2.74. The largest absolute Gasteiger partial charge is 0.507 e. The van der Waals surface area contributed by atoms with Gasteiger partial charge >= 0.3 is 5.97 Å². The molecule has 0 fully saturated rings. The van der Waals surface area contributed by atoms with Crippen LogP contribution >= 0.6 is 0 Å². The molecule has 0 aromatic heterocycles. The average molecular weight is 196 g/mol. The van der Waals surface area contributed by atoms with Crippen molar-refractivity contribution in [3.05, 3.63) is 29.3 Å². The molecule has 14 heavy (non-hydrogen) atoms. The molecule has 0 aliphatic heterocycles. The van der Waals surface area contributed by atoms with Gasteiger partial charge in [-0.05, 0) is 24.1 Å². The fourth-order valence-corrected chi connectivity index (χ4v) is 1.09. The zero-order chi connectivity index (χ0) is 10.6. The van der Waals surface area contributed by atoms with Crippen LogP contribution < -0.4 is 0 Å². The third-order valence-electron chi connectivity index (χ3n) is 1.85. The van der Waals surface area contributed by atoms with Gasteiger partial charge in [-0.25, -0.2) is 4.79 Å². The van der Waals surface area contributed by atoms with E-state index in [4.69, 9.17) is 0 Å². The molecule has 4 nitrogen and oxygen atoms in total. The van der Waals surface area contributed by atoms with Gasteiger partial charge in [0.1, 0.15) is 11.3 Å². The third-order valence-corrected chi connectivity index (χ3v) is 1.85. The first-order chi connectivity index (χ1) is 6.69. The Labute approximate surface area is 82.0 Å². The minimum absolute atomic E-state index is 0.107. The number of carbonyl (C=O) groups excluding carboxylic acids is 1. The predicted octanol–water partition coefficient (Wildman–Crippen LogP) is 1.67. The van der Waals surface area contributed by atoms with Gasteiger partial charge in [0.15, 0.2) is 0 Å². The van der Waals surface area contributed by atoms with Gasteiger partial charge in [0.25, 0.3) is 0 Å². The van der Waals surface area contributed by atoms with E-state index in [9.17, 15) is 9.90 Å². The van der Waals surface area contributed by atoms with Crippen molar-refractivity contribution in [3.63, 3.8) is 0 Å². The number of phenols is 1. The topological polar surface area (TPSA) is 55.8 Å². The molecule has 0 saturated heterocycles. The van der Waals surface area contributed by atoms with Crippen molar-refractivity contribution in [2.75, 3.05) is 7.11 Å². The van der Waals surface area contributed by atoms with Crippen molar-refractivity contribution < 1.29 is 19.7 Å². The highest BCUT2D eigenvalue weighted by Crippen LogP contribution is 2.19. The SMILES string of the molecule is CCc1ccc(O)c(C(=O)OOC)c1. The molecular weight excluding hydrogens is 184 g/mol. The molecule has 0 radical (unpaired) electrons. The first-order valence-electron chi connectivity index (χ1n) is 4.26. The summed E-state index contributed by atoms with van der Waals surface area (Å²) in [6.45, 7) is 1.96. The molecule has 4 heteroatoms. The second kappa shape index (κ2) is 4.62. The molecule has 0 spiro atoms. The smallest absolute Gasteiger partial charge is 0.376 e. The Bertz CT molecular complexity index is 333.